The summed E-state index contributed by atoms with van der Waals surface area (Å²) >= 11 is 0. The highest BCUT2D eigenvalue weighted by Crippen LogP contribution is 2.38. The van der Waals surface area contributed by atoms with Crippen molar-refractivity contribution >= 4 is 11.6 Å². The van der Waals surface area contributed by atoms with Crippen molar-refractivity contribution in [3.05, 3.63) is 59.7 Å². The highest BCUT2D eigenvalue weighted by molar-refractivity contribution is 5.73. The Balaban J connectivity index is 1.83. The van der Waals surface area contributed by atoms with Crippen molar-refractivity contribution in [2.75, 3.05) is 45.7 Å². The van der Waals surface area contributed by atoms with Gasteiger partial charge in [-0.2, -0.15) is 0 Å². The summed E-state index contributed by atoms with van der Waals surface area (Å²) < 4.78 is 5.69. The lowest BCUT2D eigenvalue weighted by Gasteiger charge is -2.31. The Morgan fingerprint density at radius 2 is 1.77 bits per heavy atom. The van der Waals surface area contributed by atoms with E-state index in [0.29, 0.717) is 11.8 Å². The van der Waals surface area contributed by atoms with E-state index >= 15 is 0 Å². The van der Waals surface area contributed by atoms with Crippen molar-refractivity contribution in [2.24, 2.45) is 5.92 Å². The molecule has 2 unspecified atom stereocenters. The van der Waals surface area contributed by atoms with Crippen LogP contribution in [-0.2, 0) is 11.3 Å². The average Bonchev–Trinajstić information content (AvgIpc) is 3.13. The molecule has 3 rings (SSSR count). The number of methoxy groups -OCH3 is 1. The lowest BCUT2D eigenvalue weighted by atomic mass is 9.87. The van der Waals surface area contributed by atoms with Crippen LogP contribution in [0.3, 0.4) is 0 Å². The summed E-state index contributed by atoms with van der Waals surface area (Å²) in [6, 6.07) is 17.3. The Hall–Kier alpha value is -2.53. The lowest BCUT2D eigenvalue weighted by Crippen LogP contribution is -2.40. The van der Waals surface area contributed by atoms with Crippen LogP contribution in [0.2, 0.25) is 0 Å². The smallest absolute Gasteiger partial charge is 0.219 e. The molecule has 1 aliphatic rings. The molecule has 0 saturated carbocycles. The Morgan fingerprint density at radius 3 is 2.35 bits per heavy atom. The van der Waals surface area contributed by atoms with E-state index in [1.54, 1.807) is 14.0 Å². The van der Waals surface area contributed by atoms with E-state index in [2.05, 4.69) is 74.1 Å². The van der Waals surface area contributed by atoms with Crippen molar-refractivity contribution in [1.82, 2.24) is 9.80 Å². The number of anilines is 1. The summed E-state index contributed by atoms with van der Waals surface area (Å²) in [4.78, 5) is 18.9. The predicted octanol–water partition coefficient (Wildman–Crippen LogP) is 4.23. The number of carbonyl (C=O) groups excluding carboxylic acids is 1. The lowest BCUT2D eigenvalue weighted by molar-refractivity contribution is -0.131. The van der Waals surface area contributed by atoms with Gasteiger partial charge in [0.2, 0.25) is 5.91 Å². The number of carbonyl (C=O) groups is 1. The molecule has 1 aliphatic heterocycles. The Labute approximate surface area is 187 Å². The average molecular weight is 424 g/mol. The molecule has 5 heteroatoms. The zero-order valence-corrected chi connectivity index (χ0v) is 19.8. The van der Waals surface area contributed by atoms with E-state index in [-0.39, 0.29) is 11.9 Å². The number of para-hydroxylation sites is 1. The van der Waals surface area contributed by atoms with Crippen LogP contribution in [0, 0.1) is 5.92 Å². The quantitative estimate of drug-likeness (QED) is 0.637. The molecule has 0 aromatic heterocycles. The summed E-state index contributed by atoms with van der Waals surface area (Å²) in [6.07, 6.45) is 0. The van der Waals surface area contributed by atoms with Crippen molar-refractivity contribution in [2.45, 2.75) is 39.3 Å². The Bertz CT molecular complexity index is 863. The van der Waals surface area contributed by atoms with E-state index in [1.165, 1.54) is 16.8 Å². The van der Waals surface area contributed by atoms with Crippen LogP contribution in [-0.4, -0.2) is 62.6 Å². The number of ether oxygens (including phenoxy) is 1. The van der Waals surface area contributed by atoms with Crippen LogP contribution < -0.4 is 9.64 Å². The number of rotatable bonds is 8. The maximum absolute atomic E-state index is 12.3. The maximum Gasteiger partial charge on any atom is 0.219 e. The van der Waals surface area contributed by atoms with E-state index in [1.807, 2.05) is 17.0 Å². The zero-order chi connectivity index (χ0) is 22.5. The second-order valence-electron chi connectivity index (χ2n) is 9.13. The van der Waals surface area contributed by atoms with Gasteiger partial charge in [-0.1, -0.05) is 30.3 Å². The molecule has 1 amide bonds. The molecule has 0 aliphatic carbocycles. The molecule has 31 heavy (non-hydrogen) atoms. The molecule has 0 spiro atoms. The Kier molecular flexibility index (Phi) is 7.60. The van der Waals surface area contributed by atoms with Gasteiger partial charge < -0.3 is 14.5 Å². The third kappa shape index (κ3) is 5.59. The third-order valence-electron chi connectivity index (χ3n) is 6.37. The monoisotopic (exact) mass is 423 g/mol. The van der Waals surface area contributed by atoms with Gasteiger partial charge in [0, 0.05) is 64.8 Å². The second-order valence-corrected chi connectivity index (χ2v) is 9.13. The van der Waals surface area contributed by atoms with Crippen LogP contribution in [0.25, 0.3) is 0 Å². The first-order valence-corrected chi connectivity index (χ1v) is 11.2. The first kappa shape index (κ1) is 23.1. The number of amides is 1. The number of hydrogen-bond donors (Lipinski definition) is 0. The summed E-state index contributed by atoms with van der Waals surface area (Å²) in [6.45, 7) is 9.48. The van der Waals surface area contributed by atoms with Crippen LogP contribution in [0.1, 0.15) is 37.8 Å². The first-order valence-electron chi connectivity index (χ1n) is 11.2. The highest BCUT2D eigenvalue weighted by Gasteiger charge is 2.37. The molecule has 1 saturated heterocycles. The Morgan fingerprint density at radius 1 is 1.10 bits per heavy atom. The molecule has 168 valence electrons. The van der Waals surface area contributed by atoms with Crippen LogP contribution >= 0.6 is 0 Å². The molecule has 5 nitrogen and oxygen atoms in total. The van der Waals surface area contributed by atoms with Crippen LogP contribution in [0.4, 0.5) is 5.69 Å². The fourth-order valence-corrected chi connectivity index (χ4v) is 4.71. The molecule has 2 aromatic rings. The van der Waals surface area contributed by atoms with Crippen molar-refractivity contribution in [3.8, 4) is 5.75 Å². The van der Waals surface area contributed by atoms with Gasteiger partial charge in [0.25, 0.3) is 0 Å². The van der Waals surface area contributed by atoms with E-state index < -0.39 is 0 Å². The molecule has 1 fully saturated rings. The van der Waals surface area contributed by atoms with Crippen molar-refractivity contribution in [1.29, 1.82) is 0 Å². The first-order chi connectivity index (χ1) is 14.8. The second kappa shape index (κ2) is 10.2. The standard InChI is InChI=1S/C26H37N3O2/c1-19(2)29(20(3)30)17-22-16-28(15-21-11-13-23(14-12-21)27(4)5)18-25(22)24-9-7-8-10-26(24)31-6/h7-14,19,22,25H,15-18H2,1-6H3. The molecule has 0 radical (unpaired) electrons. The minimum atomic E-state index is 0.145. The fourth-order valence-electron chi connectivity index (χ4n) is 4.71. The van der Waals surface area contributed by atoms with Gasteiger partial charge in [0.15, 0.2) is 0 Å². The molecule has 0 bridgehead atoms. The normalized spacial score (nSPS) is 18.9. The van der Waals surface area contributed by atoms with Gasteiger partial charge in [-0.15, -0.1) is 0 Å². The van der Waals surface area contributed by atoms with Gasteiger partial charge in [0.05, 0.1) is 7.11 Å². The summed E-state index contributed by atoms with van der Waals surface area (Å²) in [5.74, 6) is 1.78. The zero-order valence-electron chi connectivity index (χ0n) is 19.8. The van der Waals surface area contributed by atoms with Crippen LogP contribution in [0.15, 0.2) is 48.5 Å². The maximum atomic E-state index is 12.3. The summed E-state index contributed by atoms with van der Waals surface area (Å²) in [7, 11) is 5.86. The van der Waals surface area contributed by atoms with Gasteiger partial charge in [-0.3, -0.25) is 9.69 Å². The SMILES string of the molecule is COc1ccccc1C1CN(Cc2ccc(N(C)C)cc2)CC1CN(C(C)=O)C(C)C. The highest BCUT2D eigenvalue weighted by atomic mass is 16.5. The van der Waals surface area contributed by atoms with Crippen molar-refractivity contribution < 1.29 is 9.53 Å². The minimum Gasteiger partial charge on any atom is -0.496 e. The molecule has 2 aromatic carbocycles. The van der Waals surface area contributed by atoms with Gasteiger partial charge in [-0.25, -0.2) is 0 Å². The fraction of sp³-hybridized carbons (Fsp3) is 0.500. The number of benzene rings is 2. The summed E-state index contributed by atoms with van der Waals surface area (Å²) in [5, 5.41) is 0. The van der Waals surface area contributed by atoms with Gasteiger partial charge in [-0.05, 0) is 49.1 Å². The van der Waals surface area contributed by atoms with Gasteiger partial charge in [0.1, 0.15) is 5.75 Å². The molecular weight excluding hydrogens is 386 g/mol. The van der Waals surface area contributed by atoms with E-state index in [9.17, 15) is 4.79 Å². The van der Waals surface area contributed by atoms with E-state index in [4.69, 9.17) is 4.74 Å². The van der Waals surface area contributed by atoms with E-state index in [0.717, 1.165) is 31.9 Å². The minimum absolute atomic E-state index is 0.145. The topological polar surface area (TPSA) is 36.0 Å². The predicted molar refractivity (Wildman–Crippen MR) is 128 cm³/mol. The molecular formula is C26H37N3O2. The molecule has 1 heterocycles. The third-order valence-corrected chi connectivity index (χ3v) is 6.37. The largest absolute Gasteiger partial charge is 0.496 e. The number of nitrogens with zero attached hydrogens (tertiary/aromatic N) is 3. The van der Waals surface area contributed by atoms with Gasteiger partial charge >= 0.3 is 0 Å². The number of hydrogen-bond acceptors (Lipinski definition) is 4. The summed E-state index contributed by atoms with van der Waals surface area (Å²) in [5.41, 5.74) is 3.77. The molecule has 0 N–H and O–H groups in total. The van der Waals surface area contributed by atoms with Crippen LogP contribution in [0.5, 0.6) is 5.75 Å². The number of likely N-dealkylation sites (tertiary alicyclic amines) is 1. The molecule has 2 atom stereocenters. The van der Waals surface area contributed by atoms with Crippen molar-refractivity contribution in [3.63, 3.8) is 0 Å².